The third kappa shape index (κ3) is 9.84. The molecule has 4 aliphatic rings. The van der Waals surface area contributed by atoms with Crippen molar-refractivity contribution >= 4 is 35.4 Å². The molecule has 18 nitrogen and oxygen atoms in total. The second-order valence-corrected chi connectivity index (χ2v) is 17.2. The molecule has 7 heterocycles. The lowest BCUT2D eigenvalue weighted by Crippen LogP contribution is -2.42. The van der Waals surface area contributed by atoms with E-state index in [0.29, 0.717) is 34.9 Å². The standard InChI is InChI=1S/C25H29N7O.C23H24N8.CH3F.ClH.H4N2/c1-4-20-25-29-27-16-31(25)21-14-26-23(28-24(21)32(20)18-12-8-9-13-18)19(15-30(2)3)22(33)17-10-6-5-7-11-17;1-2-18-23-29-26-14-30(23)19-13-24-21(27-22(19)31(18)16-10-6-7-11-16)17-12-25-28-20(17)15-8-4-3-5-9-15;1-2;;1-2/h5-7,10-11,14-16,18,20H,4,8-9,12-13H2,1-3H3;3-5,8-9,12-14,16,18H,2,6-7,10-11H2,1H3,(H,25,28);1H3;1H;1-2H2/b19-15+;;;;/t20-;18-;;;/m11.../s1/i;;1D;;. The average molecular weight is 960 g/mol. The highest BCUT2D eigenvalue weighted by Gasteiger charge is 2.40. The largest absolute Gasteiger partial charge is 0.383 e. The molecule has 0 amide bonds. The lowest BCUT2D eigenvalue weighted by molar-refractivity contribution is 0.105. The number of carbonyl (C=O) groups is 1. The Labute approximate surface area is 409 Å². The predicted molar refractivity (Wildman–Crippen MR) is 268 cm³/mol. The first kappa shape index (κ1) is 48.5. The third-order valence-electron chi connectivity index (χ3n) is 13.0. The van der Waals surface area contributed by atoms with Gasteiger partial charge in [-0.05, 0) is 38.5 Å². The maximum Gasteiger partial charge on any atom is 0.198 e. The van der Waals surface area contributed by atoms with Crippen LogP contribution in [0.3, 0.4) is 0 Å². The minimum atomic E-state index is -1.00. The van der Waals surface area contributed by atoms with Gasteiger partial charge in [-0.25, -0.2) is 19.9 Å². The van der Waals surface area contributed by atoms with Gasteiger partial charge in [-0.1, -0.05) is 100 Å². The second kappa shape index (κ2) is 22.9. The van der Waals surface area contributed by atoms with Gasteiger partial charge in [-0.2, -0.15) is 5.10 Å². The molecular weight excluding hydrogens is 897 g/mol. The highest BCUT2D eigenvalue weighted by molar-refractivity contribution is 6.28. The number of aromatic amines is 1. The molecule has 11 rings (SSSR count). The number of rotatable bonds is 10. The normalized spacial score (nSPS) is 17.3. The number of fused-ring (bicyclic) bond motifs is 6. The number of H-pyrrole nitrogens is 1. The fraction of sp³-hybridized carbons (Fsp3) is 0.388. The molecule has 2 saturated carbocycles. The Kier molecular flexibility index (Phi) is 16.1. The topological polar surface area (TPSA) is 220 Å². The van der Waals surface area contributed by atoms with Crippen molar-refractivity contribution in [3.05, 3.63) is 121 Å². The van der Waals surface area contributed by atoms with E-state index in [4.69, 9.17) is 16.3 Å². The van der Waals surface area contributed by atoms with E-state index in [1.165, 1.54) is 38.5 Å². The monoisotopic (exact) mass is 958 g/mol. The summed E-state index contributed by atoms with van der Waals surface area (Å²) in [5, 5.41) is 24.7. The number of ketones is 1. The van der Waals surface area contributed by atoms with Crippen molar-refractivity contribution in [2.45, 2.75) is 102 Å². The maximum absolute atomic E-state index is 13.5. The average Bonchev–Trinajstić information content (AvgIpc) is 4.26. The van der Waals surface area contributed by atoms with Gasteiger partial charge in [0.1, 0.15) is 24.0 Å². The second-order valence-electron chi connectivity index (χ2n) is 17.2. The summed E-state index contributed by atoms with van der Waals surface area (Å²) in [7, 11) is 2.80. The summed E-state index contributed by atoms with van der Waals surface area (Å²) in [4.78, 5) is 39.8. The summed E-state index contributed by atoms with van der Waals surface area (Å²) >= 11 is 0. The van der Waals surface area contributed by atoms with Crippen molar-refractivity contribution in [1.29, 1.82) is 0 Å². The molecule has 0 bridgehead atoms. The number of allylic oxidation sites excluding steroid dienone is 1. The molecule has 0 saturated heterocycles. The number of hydrogen-bond donors (Lipinski definition) is 3. The van der Waals surface area contributed by atoms with Crippen LogP contribution in [0, 0.1) is 0 Å². The smallest absolute Gasteiger partial charge is 0.198 e. The van der Waals surface area contributed by atoms with Gasteiger partial charge < -0.3 is 14.7 Å². The Morgan fingerprint density at radius 2 is 1.29 bits per heavy atom. The minimum Gasteiger partial charge on any atom is -0.383 e. The fourth-order valence-corrected chi connectivity index (χ4v) is 10.0. The van der Waals surface area contributed by atoms with E-state index >= 15 is 0 Å². The number of nitrogens with two attached hydrogens (primary N) is 2. The van der Waals surface area contributed by atoms with Gasteiger partial charge in [0.2, 0.25) is 0 Å². The lowest BCUT2D eigenvalue weighted by atomic mass is 10.0. The Bertz CT molecular complexity index is 2810. The van der Waals surface area contributed by atoms with E-state index < -0.39 is 7.15 Å². The molecule has 69 heavy (non-hydrogen) atoms. The van der Waals surface area contributed by atoms with E-state index in [2.05, 4.69) is 83.0 Å². The van der Waals surface area contributed by atoms with Crippen LogP contribution in [0.15, 0.2) is 98.1 Å². The summed E-state index contributed by atoms with van der Waals surface area (Å²) in [5.41, 5.74) is 5.81. The third-order valence-corrected chi connectivity index (χ3v) is 13.0. The number of benzene rings is 2. The van der Waals surface area contributed by atoms with Gasteiger partial charge in [0, 0.05) is 43.5 Å². The Morgan fingerprint density at radius 3 is 1.81 bits per heavy atom. The summed E-state index contributed by atoms with van der Waals surface area (Å²) < 4.78 is 19.5. The van der Waals surface area contributed by atoms with Crippen LogP contribution < -0.4 is 21.5 Å². The highest BCUT2D eigenvalue weighted by Crippen LogP contribution is 2.45. The molecule has 0 spiro atoms. The zero-order valence-electron chi connectivity index (χ0n) is 40.4. The molecule has 2 aliphatic heterocycles. The molecule has 2 aromatic carbocycles. The molecule has 5 N–H and O–H groups in total. The van der Waals surface area contributed by atoms with Gasteiger partial charge in [0.05, 0.1) is 56.0 Å². The highest BCUT2D eigenvalue weighted by atomic mass is 35.5. The first-order chi connectivity index (χ1) is 33.8. The van der Waals surface area contributed by atoms with Crippen molar-refractivity contribution in [2.75, 3.05) is 31.0 Å². The van der Waals surface area contributed by atoms with Gasteiger partial charge in [-0.15, -0.1) is 32.8 Å². The van der Waals surface area contributed by atoms with E-state index in [9.17, 15) is 9.18 Å². The fourth-order valence-electron chi connectivity index (χ4n) is 10.0. The van der Waals surface area contributed by atoms with Crippen LogP contribution in [-0.4, -0.2) is 104 Å². The van der Waals surface area contributed by atoms with E-state index in [0.717, 1.165) is 77.2 Å². The van der Waals surface area contributed by atoms with Crippen LogP contribution in [0.25, 0.3) is 39.6 Å². The Morgan fingerprint density at radius 1 is 0.783 bits per heavy atom. The summed E-state index contributed by atoms with van der Waals surface area (Å²) in [6.45, 7) is 4.39. The Balaban J connectivity index is 0.000000187. The zero-order chi connectivity index (χ0) is 48.4. The molecule has 20 heteroatoms. The van der Waals surface area contributed by atoms with Gasteiger partial charge in [0.15, 0.2) is 40.7 Å². The minimum absolute atomic E-state index is 0. The summed E-state index contributed by atoms with van der Waals surface area (Å²) in [6, 6.07) is 20.6. The number of hydrogen-bond acceptors (Lipinski definition) is 15. The molecule has 362 valence electrons. The maximum atomic E-state index is 13.5. The molecule has 2 fully saturated rings. The van der Waals surface area contributed by atoms with Crippen molar-refractivity contribution in [3.63, 3.8) is 0 Å². The number of anilines is 2. The Hall–Kier alpha value is -6.96. The van der Waals surface area contributed by atoms with Gasteiger partial charge in [-0.3, -0.25) is 35.1 Å². The predicted octanol–water partition coefficient (Wildman–Crippen LogP) is 8.21. The summed E-state index contributed by atoms with van der Waals surface area (Å²) in [5.74, 6) is 12.8. The summed E-state index contributed by atoms with van der Waals surface area (Å²) in [6.07, 6.45) is 22.3. The molecular formula is C49H61ClFN17O. The van der Waals surface area contributed by atoms with Crippen molar-refractivity contribution in [2.24, 2.45) is 11.7 Å². The number of halogens is 2. The molecule has 2 atom stereocenters. The van der Waals surface area contributed by atoms with Crippen molar-refractivity contribution in [3.8, 4) is 34.0 Å². The molecule has 2 aliphatic carbocycles. The van der Waals surface area contributed by atoms with Crippen LogP contribution in [0.1, 0.15) is 119 Å². The van der Waals surface area contributed by atoms with Crippen LogP contribution in [-0.2, 0) is 0 Å². The van der Waals surface area contributed by atoms with Crippen LogP contribution >= 0.6 is 12.4 Å². The number of nitrogens with one attached hydrogen (secondary N) is 1. The van der Waals surface area contributed by atoms with E-state index in [1.54, 1.807) is 25.1 Å². The van der Waals surface area contributed by atoms with Crippen LogP contribution in [0.4, 0.5) is 16.0 Å². The first-order valence-corrected chi connectivity index (χ1v) is 23.2. The number of nitrogens with zero attached hydrogens (tertiary/aromatic N) is 14. The van der Waals surface area contributed by atoms with Gasteiger partial charge in [0.25, 0.3) is 0 Å². The number of hydrazine groups is 1. The zero-order valence-corrected chi connectivity index (χ0v) is 40.3. The lowest BCUT2D eigenvalue weighted by Gasteiger charge is -2.40. The van der Waals surface area contributed by atoms with Crippen LogP contribution in [0.2, 0.25) is 0 Å². The number of carbonyl (C=O) groups excluding carboxylic acids is 1. The van der Waals surface area contributed by atoms with Crippen molar-refractivity contribution < 1.29 is 10.6 Å². The first-order valence-electron chi connectivity index (χ1n) is 23.9. The number of alkyl halides is 1. The SMILES string of the molecule is CC[C@@H]1c2nncn2-c2cnc(-c3cn[nH]c3-c3ccccc3)nc2N1C1CCCC1.CC[C@@H]1c2nncn2-c2cnc(/C(=C/N(C)C)C(=O)c3ccccc3)nc2N1C1CCCC1.Cl.NN.[2H]CF. The molecule has 0 unspecified atom stereocenters. The molecule has 7 aromatic rings. The molecule has 5 aromatic heterocycles. The van der Waals surface area contributed by atoms with Crippen LogP contribution in [0.5, 0.6) is 0 Å². The number of Topliss-reactive ketones (excluding diaryl/α,β-unsaturated/α-hetero) is 1. The quantitative estimate of drug-likeness (QED) is 0.0509. The van der Waals surface area contributed by atoms with Crippen molar-refractivity contribution in [1.82, 2.24) is 64.6 Å². The van der Waals surface area contributed by atoms with E-state index in [1.807, 2.05) is 89.1 Å². The van der Waals surface area contributed by atoms with Gasteiger partial charge >= 0.3 is 0 Å². The van der Waals surface area contributed by atoms with E-state index in [-0.39, 0.29) is 30.3 Å². The number of aromatic nitrogens is 12. The molecule has 0 radical (unpaired) electrons.